The summed E-state index contributed by atoms with van der Waals surface area (Å²) in [6, 6.07) is -0.763. The molecule has 21 heavy (non-hydrogen) atoms. The first-order valence-corrected chi connectivity index (χ1v) is 8.15. The smallest absolute Gasteiger partial charge is 0.410 e. The maximum absolute atomic E-state index is 12.3. The summed E-state index contributed by atoms with van der Waals surface area (Å²) < 4.78 is 5.12. The van der Waals surface area contributed by atoms with Crippen LogP contribution in [-0.2, 0) is 9.53 Å². The maximum atomic E-state index is 12.3. The Morgan fingerprint density at radius 2 is 1.81 bits per heavy atom. The third-order valence-corrected chi connectivity index (χ3v) is 4.09. The van der Waals surface area contributed by atoms with Crippen LogP contribution in [0.2, 0.25) is 0 Å². The highest BCUT2D eigenvalue weighted by Gasteiger charge is 2.36. The Bertz CT molecular complexity index is 337. The van der Waals surface area contributed by atoms with Crippen LogP contribution in [0.5, 0.6) is 0 Å². The van der Waals surface area contributed by atoms with E-state index < -0.39 is 18.1 Å². The van der Waals surface area contributed by atoms with Crippen molar-refractivity contribution in [3.8, 4) is 0 Å². The van der Waals surface area contributed by atoms with E-state index in [0.717, 1.165) is 38.5 Å². The second-order valence-electron chi connectivity index (χ2n) is 6.22. The second kappa shape index (κ2) is 8.90. The average Bonchev–Trinajstić information content (AvgIpc) is 2.43. The number of ether oxygens (including phenoxy) is 1. The number of amides is 1. The summed E-state index contributed by atoms with van der Waals surface area (Å²) in [7, 11) is 0. The molecular formula is C16H29NO4. The number of hydrogen-bond acceptors (Lipinski definition) is 3. The van der Waals surface area contributed by atoms with Crippen molar-refractivity contribution in [2.45, 2.75) is 77.8 Å². The van der Waals surface area contributed by atoms with E-state index in [9.17, 15) is 14.7 Å². The lowest BCUT2D eigenvalue weighted by atomic mass is 9.92. The van der Waals surface area contributed by atoms with Gasteiger partial charge in [0.05, 0.1) is 6.61 Å². The maximum Gasteiger partial charge on any atom is 0.410 e. The molecular weight excluding hydrogens is 270 g/mol. The third kappa shape index (κ3) is 5.56. The molecule has 0 heterocycles. The average molecular weight is 299 g/mol. The van der Waals surface area contributed by atoms with Gasteiger partial charge in [0.15, 0.2) is 0 Å². The minimum Gasteiger partial charge on any atom is -0.480 e. The van der Waals surface area contributed by atoms with Gasteiger partial charge in [-0.1, -0.05) is 33.1 Å². The van der Waals surface area contributed by atoms with Crippen LogP contribution in [0.3, 0.4) is 0 Å². The van der Waals surface area contributed by atoms with Gasteiger partial charge in [0.25, 0.3) is 0 Å². The highest BCUT2D eigenvalue weighted by atomic mass is 16.6. The van der Waals surface area contributed by atoms with Crippen molar-refractivity contribution in [1.82, 2.24) is 4.90 Å². The van der Waals surface area contributed by atoms with Crippen LogP contribution in [0.4, 0.5) is 4.79 Å². The fourth-order valence-corrected chi connectivity index (χ4v) is 2.96. The summed E-state index contributed by atoms with van der Waals surface area (Å²) in [4.78, 5) is 25.4. The minimum absolute atomic E-state index is 0.00561. The first kappa shape index (κ1) is 17.8. The second-order valence-corrected chi connectivity index (χ2v) is 6.22. The van der Waals surface area contributed by atoms with Gasteiger partial charge in [-0.3, -0.25) is 4.90 Å². The Hall–Kier alpha value is -1.26. The van der Waals surface area contributed by atoms with Gasteiger partial charge in [0, 0.05) is 6.04 Å². The van der Waals surface area contributed by atoms with E-state index in [1.54, 1.807) is 6.92 Å². The first-order valence-electron chi connectivity index (χ1n) is 8.15. The van der Waals surface area contributed by atoms with E-state index in [1.165, 1.54) is 4.90 Å². The number of nitrogens with zero attached hydrogens (tertiary/aromatic N) is 1. The molecule has 0 saturated heterocycles. The lowest BCUT2D eigenvalue weighted by Crippen LogP contribution is -2.51. The molecule has 0 radical (unpaired) electrons. The van der Waals surface area contributed by atoms with Crippen LogP contribution < -0.4 is 0 Å². The molecule has 0 aliphatic heterocycles. The van der Waals surface area contributed by atoms with E-state index in [4.69, 9.17) is 4.74 Å². The number of carboxylic acid groups (broad SMARTS) is 1. The topological polar surface area (TPSA) is 66.8 Å². The quantitative estimate of drug-likeness (QED) is 0.779. The van der Waals surface area contributed by atoms with E-state index >= 15 is 0 Å². The van der Waals surface area contributed by atoms with Crippen molar-refractivity contribution in [2.24, 2.45) is 5.92 Å². The van der Waals surface area contributed by atoms with Gasteiger partial charge in [-0.15, -0.1) is 0 Å². The van der Waals surface area contributed by atoms with E-state index in [-0.39, 0.29) is 12.6 Å². The number of carboxylic acids is 1. The van der Waals surface area contributed by atoms with E-state index in [0.29, 0.717) is 12.3 Å². The lowest BCUT2D eigenvalue weighted by molar-refractivity contribution is -0.144. The summed E-state index contributed by atoms with van der Waals surface area (Å²) in [6.07, 6.45) is 5.84. The summed E-state index contributed by atoms with van der Waals surface area (Å²) in [6.45, 7) is 6.15. The van der Waals surface area contributed by atoms with Crippen molar-refractivity contribution in [1.29, 1.82) is 0 Å². The van der Waals surface area contributed by atoms with E-state index in [1.807, 2.05) is 0 Å². The highest BCUT2D eigenvalue weighted by Crippen LogP contribution is 2.27. The predicted molar refractivity (Wildman–Crippen MR) is 81.2 cm³/mol. The number of rotatable bonds is 7. The lowest BCUT2D eigenvalue weighted by Gasteiger charge is -2.37. The molecule has 0 bridgehead atoms. The van der Waals surface area contributed by atoms with Crippen molar-refractivity contribution in [3.05, 3.63) is 0 Å². The molecule has 0 aromatic heterocycles. The largest absolute Gasteiger partial charge is 0.480 e. The van der Waals surface area contributed by atoms with Gasteiger partial charge in [-0.2, -0.15) is 0 Å². The van der Waals surface area contributed by atoms with Gasteiger partial charge in [0.1, 0.15) is 6.04 Å². The Balaban J connectivity index is 2.88. The summed E-state index contributed by atoms with van der Waals surface area (Å²) in [5.74, 6) is -0.503. The van der Waals surface area contributed by atoms with Crippen LogP contribution in [-0.4, -0.2) is 40.8 Å². The van der Waals surface area contributed by atoms with E-state index in [2.05, 4.69) is 13.8 Å². The molecule has 0 spiro atoms. The Morgan fingerprint density at radius 3 is 2.29 bits per heavy atom. The summed E-state index contributed by atoms with van der Waals surface area (Å²) in [5.41, 5.74) is 0. The molecule has 5 nitrogen and oxygen atoms in total. The monoisotopic (exact) mass is 299 g/mol. The van der Waals surface area contributed by atoms with Crippen LogP contribution >= 0.6 is 0 Å². The molecule has 1 aliphatic carbocycles. The molecule has 0 aromatic rings. The van der Waals surface area contributed by atoms with Crippen molar-refractivity contribution >= 4 is 12.1 Å². The normalized spacial score (nSPS) is 17.5. The number of carbonyl (C=O) groups is 2. The molecule has 5 heteroatoms. The molecule has 1 saturated carbocycles. The molecule has 1 atom stereocenters. The molecule has 122 valence electrons. The van der Waals surface area contributed by atoms with Crippen molar-refractivity contribution in [2.75, 3.05) is 6.61 Å². The Labute approximate surface area is 127 Å². The van der Waals surface area contributed by atoms with Gasteiger partial charge >= 0.3 is 12.1 Å². The van der Waals surface area contributed by atoms with Crippen LogP contribution in [0.1, 0.15) is 65.7 Å². The van der Waals surface area contributed by atoms with Gasteiger partial charge in [-0.05, 0) is 38.5 Å². The zero-order valence-corrected chi connectivity index (χ0v) is 13.5. The molecule has 0 aromatic carbocycles. The van der Waals surface area contributed by atoms with Gasteiger partial charge < -0.3 is 9.84 Å². The molecule has 1 amide bonds. The molecule has 1 aliphatic rings. The van der Waals surface area contributed by atoms with Gasteiger partial charge in [0.2, 0.25) is 0 Å². The van der Waals surface area contributed by atoms with Crippen molar-refractivity contribution < 1.29 is 19.4 Å². The minimum atomic E-state index is -0.922. The molecule has 1 fully saturated rings. The number of carbonyl (C=O) groups excluding carboxylic acids is 1. The molecule has 1 unspecified atom stereocenters. The molecule has 1 N–H and O–H groups in total. The van der Waals surface area contributed by atoms with Crippen molar-refractivity contribution in [3.63, 3.8) is 0 Å². The van der Waals surface area contributed by atoms with Crippen LogP contribution in [0.25, 0.3) is 0 Å². The Kier molecular flexibility index (Phi) is 7.54. The van der Waals surface area contributed by atoms with Crippen LogP contribution in [0.15, 0.2) is 0 Å². The highest BCUT2D eigenvalue weighted by molar-refractivity contribution is 5.80. The SMILES string of the molecule is CCOC(=O)N(C1CCCCC1)C(CCC(C)C)C(=O)O. The fraction of sp³-hybridized carbons (Fsp3) is 0.875. The molecule has 1 rings (SSSR count). The zero-order valence-electron chi connectivity index (χ0n) is 13.5. The summed E-state index contributed by atoms with van der Waals surface area (Å²) in [5, 5.41) is 9.55. The zero-order chi connectivity index (χ0) is 15.8. The number of aliphatic carboxylic acids is 1. The third-order valence-electron chi connectivity index (χ3n) is 4.09. The Morgan fingerprint density at radius 1 is 1.19 bits per heavy atom. The summed E-state index contributed by atoms with van der Waals surface area (Å²) >= 11 is 0. The van der Waals surface area contributed by atoms with Gasteiger partial charge in [-0.25, -0.2) is 9.59 Å². The fourth-order valence-electron chi connectivity index (χ4n) is 2.96. The van der Waals surface area contributed by atoms with Crippen LogP contribution in [0, 0.1) is 5.92 Å². The first-order chi connectivity index (χ1) is 9.97. The number of hydrogen-bond donors (Lipinski definition) is 1. The predicted octanol–water partition coefficient (Wildman–Crippen LogP) is 3.67. The standard InChI is InChI=1S/C16H29NO4/c1-4-21-16(20)17(13-8-6-5-7-9-13)14(15(18)19)11-10-12(2)3/h12-14H,4-11H2,1-3H3,(H,18,19).